The number of ether oxygens (including phenoxy) is 1. The molecule has 2 atom stereocenters. The summed E-state index contributed by atoms with van der Waals surface area (Å²) in [6.45, 7) is 3.88. The number of thioether (sulfide) groups is 1. The van der Waals surface area contributed by atoms with Crippen LogP contribution in [-0.2, 0) is 30.7 Å². The molecular weight excluding hydrogens is 362 g/mol. The van der Waals surface area contributed by atoms with E-state index in [2.05, 4.69) is 5.32 Å². The Balaban J connectivity index is 1.69. The highest BCUT2D eigenvalue weighted by Gasteiger charge is 2.29. The standard InChI is InChI=1S/C17H23NO5S2/c1-12-3-5-14(6-4-12)9-18-17(20)13(2)23-16(19)10-24-15-7-8-25(21,22)11-15/h3-6,13,15H,7-11H2,1-2H3,(H,18,20)/t13-,15-/m1/s1. The highest BCUT2D eigenvalue weighted by atomic mass is 32.2. The molecule has 1 fully saturated rings. The zero-order valence-corrected chi connectivity index (χ0v) is 16.0. The van der Waals surface area contributed by atoms with Crippen molar-refractivity contribution in [2.45, 2.75) is 38.2 Å². The van der Waals surface area contributed by atoms with Crippen molar-refractivity contribution in [2.24, 2.45) is 0 Å². The van der Waals surface area contributed by atoms with Crippen LogP contribution in [0, 0.1) is 6.92 Å². The maximum absolute atomic E-state index is 12.0. The van der Waals surface area contributed by atoms with Crippen molar-refractivity contribution in [2.75, 3.05) is 17.3 Å². The summed E-state index contributed by atoms with van der Waals surface area (Å²) in [5, 5.41) is 2.66. The quantitative estimate of drug-likeness (QED) is 0.715. The Kier molecular flexibility index (Phi) is 6.89. The van der Waals surface area contributed by atoms with Crippen molar-refractivity contribution in [3.63, 3.8) is 0 Å². The third-order valence-electron chi connectivity index (χ3n) is 3.89. The number of nitrogens with one attached hydrogen (secondary N) is 1. The summed E-state index contributed by atoms with van der Waals surface area (Å²) in [5.41, 5.74) is 2.11. The van der Waals surface area contributed by atoms with Crippen LogP contribution in [0.3, 0.4) is 0 Å². The monoisotopic (exact) mass is 385 g/mol. The van der Waals surface area contributed by atoms with E-state index >= 15 is 0 Å². The molecule has 6 nitrogen and oxygen atoms in total. The molecule has 0 spiro atoms. The van der Waals surface area contributed by atoms with Gasteiger partial charge in [-0.25, -0.2) is 8.42 Å². The van der Waals surface area contributed by atoms with Gasteiger partial charge in [0.05, 0.1) is 17.3 Å². The second-order valence-corrected chi connectivity index (χ2v) is 9.69. The molecule has 1 saturated heterocycles. The predicted octanol–water partition coefficient (Wildman–Crippen LogP) is 1.46. The predicted molar refractivity (Wildman–Crippen MR) is 98.1 cm³/mol. The molecule has 0 bridgehead atoms. The molecule has 2 rings (SSSR count). The molecule has 1 N–H and O–H groups in total. The molecule has 8 heteroatoms. The number of esters is 1. The SMILES string of the molecule is Cc1ccc(CNC(=O)[C@@H](C)OC(=O)CS[C@@H]2CCS(=O)(=O)C2)cc1. The van der Waals surface area contributed by atoms with E-state index in [1.807, 2.05) is 31.2 Å². The number of sulfone groups is 1. The Morgan fingerprint density at radius 1 is 1.32 bits per heavy atom. The molecule has 0 saturated carbocycles. The Morgan fingerprint density at radius 2 is 2.00 bits per heavy atom. The van der Waals surface area contributed by atoms with Crippen LogP contribution in [0.15, 0.2) is 24.3 Å². The van der Waals surface area contributed by atoms with Crippen molar-refractivity contribution < 1.29 is 22.7 Å². The number of carbonyl (C=O) groups excluding carboxylic acids is 2. The third kappa shape index (κ3) is 6.70. The molecule has 1 aromatic carbocycles. The van der Waals surface area contributed by atoms with Crippen molar-refractivity contribution in [3.8, 4) is 0 Å². The molecule has 1 heterocycles. The number of amides is 1. The number of hydrogen-bond donors (Lipinski definition) is 1. The van der Waals surface area contributed by atoms with Gasteiger partial charge in [-0.3, -0.25) is 9.59 Å². The first-order valence-electron chi connectivity index (χ1n) is 8.10. The highest BCUT2D eigenvalue weighted by Crippen LogP contribution is 2.24. The molecule has 1 aromatic rings. The zero-order chi connectivity index (χ0) is 18.4. The smallest absolute Gasteiger partial charge is 0.316 e. The first kappa shape index (κ1) is 19.8. The second-order valence-electron chi connectivity index (χ2n) is 6.17. The van der Waals surface area contributed by atoms with Crippen LogP contribution in [0.5, 0.6) is 0 Å². The van der Waals surface area contributed by atoms with Gasteiger partial charge in [0.1, 0.15) is 0 Å². The van der Waals surface area contributed by atoms with E-state index in [-0.39, 0.29) is 28.4 Å². The van der Waals surface area contributed by atoms with E-state index < -0.39 is 21.9 Å². The fourth-order valence-corrected chi connectivity index (χ4v) is 5.83. The summed E-state index contributed by atoms with van der Waals surface area (Å²) in [6.07, 6.45) is -0.321. The van der Waals surface area contributed by atoms with E-state index in [0.29, 0.717) is 13.0 Å². The molecule has 1 aliphatic heterocycles. The Hall–Kier alpha value is -1.54. The largest absolute Gasteiger partial charge is 0.452 e. The molecular formula is C17H23NO5S2. The fourth-order valence-electron chi connectivity index (χ4n) is 2.40. The lowest BCUT2D eigenvalue weighted by Crippen LogP contribution is -2.35. The number of rotatable bonds is 7. The minimum absolute atomic E-state index is 0.0514. The van der Waals surface area contributed by atoms with E-state index in [9.17, 15) is 18.0 Å². The molecule has 25 heavy (non-hydrogen) atoms. The van der Waals surface area contributed by atoms with Crippen LogP contribution in [0.25, 0.3) is 0 Å². The number of hydrogen-bond acceptors (Lipinski definition) is 6. The van der Waals surface area contributed by atoms with Gasteiger partial charge >= 0.3 is 5.97 Å². The van der Waals surface area contributed by atoms with Gasteiger partial charge in [-0.2, -0.15) is 0 Å². The van der Waals surface area contributed by atoms with E-state index in [1.165, 1.54) is 18.7 Å². The topological polar surface area (TPSA) is 89.5 Å². The van der Waals surface area contributed by atoms with Crippen molar-refractivity contribution >= 4 is 33.5 Å². The summed E-state index contributed by atoms with van der Waals surface area (Å²) in [4.78, 5) is 23.8. The molecule has 138 valence electrons. The maximum Gasteiger partial charge on any atom is 0.316 e. The summed E-state index contributed by atoms with van der Waals surface area (Å²) < 4.78 is 27.9. The maximum atomic E-state index is 12.0. The summed E-state index contributed by atoms with van der Waals surface area (Å²) in [5.74, 6) is -0.528. The van der Waals surface area contributed by atoms with Crippen LogP contribution in [0.2, 0.25) is 0 Å². The Morgan fingerprint density at radius 3 is 2.60 bits per heavy atom. The number of carbonyl (C=O) groups is 2. The lowest BCUT2D eigenvalue weighted by Gasteiger charge is -2.14. The second kappa shape index (κ2) is 8.71. The minimum atomic E-state index is -2.95. The van der Waals surface area contributed by atoms with Gasteiger partial charge in [0, 0.05) is 11.8 Å². The molecule has 1 aliphatic rings. The fraction of sp³-hybridized carbons (Fsp3) is 0.529. The van der Waals surface area contributed by atoms with E-state index in [1.54, 1.807) is 0 Å². The minimum Gasteiger partial charge on any atom is -0.452 e. The molecule has 1 amide bonds. The molecule has 0 radical (unpaired) electrons. The summed E-state index contributed by atoms with van der Waals surface area (Å²) in [6, 6.07) is 7.79. The van der Waals surface area contributed by atoms with Crippen LogP contribution in [0.1, 0.15) is 24.5 Å². The van der Waals surface area contributed by atoms with Crippen molar-refractivity contribution in [3.05, 3.63) is 35.4 Å². The Bertz CT molecular complexity index is 715. The summed E-state index contributed by atoms with van der Waals surface area (Å²) in [7, 11) is -2.95. The first-order chi connectivity index (χ1) is 11.7. The summed E-state index contributed by atoms with van der Waals surface area (Å²) >= 11 is 1.27. The lowest BCUT2D eigenvalue weighted by molar-refractivity contribution is -0.152. The Labute approximate surface area is 152 Å². The van der Waals surface area contributed by atoms with Gasteiger partial charge < -0.3 is 10.1 Å². The van der Waals surface area contributed by atoms with Gasteiger partial charge in [0.15, 0.2) is 15.9 Å². The average molecular weight is 386 g/mol. The van der Waals surface area contributed by atoms with E-state index in [4.69, 9.17) is 4.74 Å². The van der Waals surface area contributed by atoms with Crippen LogP contribution >= 0.6 is 11.8 Å². The van der Waals surface area contributed by atoms with Crippen molar-refractivity contribution in [1.29, 1.82) is 0 Å². The molecule has 0 aromatic heterocycles. The van der Waals surface area contributed by atoms with Crippen LogP contribution in [0.4, 0.5) is 0 Å². The van der Waals surface area contributed by atoms with Crippen molar-refractivity contribution in [1.82, 2.24) is 5.32 Å². The molecule has 0 unspecified atom stereocenters. The first-order valence-corrected chi connectivity index (χ1v) is 11.0. The van der Waals surface area contributed by atoms with Gasteiger partial charge in [-0.1, -0.05) is 29.8 Å². The van der Waals surface area contributed by atoms with Gasteiger partial charge in [0.25, 0.3) is 5.91 Å². The number of benzene rings is 1. The van der Waals surface area contributed by atoms with E-state index in [0.717, 1.165) is 11.1 Å². The van der Waals surface area contributed by atoms with Crippen LogP contribution in [-0.4, -0.2) is 48.9 Å². The normalized spacial score (nSPS) is 20.0. The van der Waals surface area contributed by atoms with Gasteiger partial charge in [-0.15, -0.1) is 11.8 Å². The zero-order valence-electron chi connectivity index (χ0n) is 14.4. The van der Waals surface area contributed by atoms with Gasteiger partial charge in [-0.05, 0) is 25.8 Å². The third-order valence-corrected chi connectivity index (χ3v) is 7.15. The highest BCUT2D eigenvalue weighted by molar-refractivity contribution is 8.02. The average Bonchev–Trinajstić information content (AvgIpc) is 2.91. The van der Waals surface area contributed by atoms with Gasteiger partial charge in [0.2, 0.25) is 0 Å². The van der Waals surface area contributed by atoms with Crippen LogP contribution < -0.4 is 5.32 Å². The lowest BCUT2D eigenvalue weighted by atomic mass is 10.1. The number of aryl methyl sites for hydroxylation is 1. The molecule has 0 aliphatic carbocycles.